The minimum Gasteiger partial charge on any atom is -0.258 e. The Morgan fingerprint density at radius 3 is 2.26 bits per heavy atom. The molecule has 0 spiro atoms. The van der Waals surface area contributed by atoms with Gasteiger partial charge in [-0.15, -0.1) is 0 Å². The number of halogens is 4. The van der Waals surface area contributed by atoms with Gasteiger partial charge in [0, 0.05) is 12.1 Å². The molecule has 19 heavy (non-hydrogen) atoms. The van der Waals surface area contributed by atoms with Gasteiger partial charge in [-0.05, 0) is 6.07 Å². The van der Waals surface area contributed by atoms with Crippen LogP contribution in [0.4, 0.5) is 14.5 Å². The number of hydrogen-bond donors (Lipinski definition) is 0. The summed E-state index contributed by atoms with van der Waals surface area (Å²) in [6.45, 7) is 0. The van der Waals surface area contributed by atoms with Crippen molar-refractivity contribution in [2.45, 2.75) is 0 Å². The molecule has 0 aliphatic heterocycles. The van der Waals surface area contributed by atoms with Crippen molar-refractivity contribution >= 4 is 28.9 Å². The average Bonchev–Trinajstić information content (AvgIpc) is 2.26. The van der Waals surface area contributed by atoms with Gasteiger partial charge >= 0.3 is 5.69 Å². The number of benzene rings is 1. The quantitative estimate of drug-likeness (QED) is 0.482. The summed E-state index contributed by atoms with van der Waals surface area (Å²) in [5, 5.41) is 10.3. The maximum absolute atomic E-state index is 13.9. The van der Waals surface area contributed by atoms with Crippen LogP contribution in [0.15, 0.2) is 18.2 Å². The van der Waals surface area contributed by atoms with Gasteiger partial charge in [0.05, 0.1) is 10.5 Å². The molecule has 9 heteroatoms. The minimum atomic E-state index is -1.39. The zero-order valence-corrected chi connectivity index (χ0v) is 10.4. The van der Waals surface area contributed by atoms with Crippen LogP contribution >= 0.6 is 23.2 Å². The molecule has 98 valence electrons. The predicted molar refractivity (Wildman–Crippen MR) is 64.1 cm³/mol. The summed E-state index contributed by atoms with van der Waals surface area (Å²) in [6, 6.07) is 2.62. The molecule has 0 amide bonds. The molecule has 0 atom stereocenters. The number of nitro groups is 1. The molecule has 0 N–H and O–H groups in total. The smallest absolute Gasteiger partial charge is 0.258 e. The average molecular weight is 306 g/mol. The highest BCUT2D eigenvalue weighted by Crippen LogP contribution is 2.30. The Labute approximate surface area is 115 Å². The Bertz CT molecular complexity index is 662. The predicted octanol–water partition coefficient (Wildman–Crippen LogP) is 3.64. The normalized spacial score (nSPS) is 10.5. The third kappa shape index (κ3) is 2.61. The van der Waals surface area contributed by atoms with Crippen LogP contribution in [0.1, 0.15) is 0 Å². The molecule has 0 saturated heterocycles. The van der Waals surface area contributed by atoms with Crippen LogP contribution in [0.3, 0.4) is 0 Å². The van der Waals surface area contributed by atoms with Gasteiger partial charge in [0.1, 0.15) is 16.1 Å². The summed E-state index contributed by atoms with van der Waals surface area (Å²) >= 11 is 11.2. The standard InChI is InChI=1S/C10H3Cl2F2N3O2/c11-6-3-7(12)16-10(15-6)8-4(13)1-2-5(9(8)14)17(18)19/h1-3H. The van der Waals surface area contributed by atoms with Crippen LogP contribution in [0.5, 0.6) is 0 Å². The largest absolute Gasteiger partial charge is 0.305 e. The topological polar surface area (TPSA) is 68.9 Å². The second-order valence-corrected chi connectivity index (χ2v) is 4.12. The van der Waals surface area contributed by atoms with Gasteiger partial charge in [0.25, 0.3) is 0 Å². The molecular weight excluding hydrogens is 303 g/mol. The Kier molecular flexibility index (Phi) is 3.59. The van der Waals surface area contributed by atoms with Gasteiger partial charge < -0.3 is 0 Å². The van der Waals surface area contributed by atoms with E-state index < -0.39 is 33.6 Å². The number of aromatic nitrogens is 2. The molecule has 0 unspecified atom stereocenters. The van der Waals surface area contributed by atoms with Crippen molar-refractivity contribution in [2.24, 2.45) is 0 Å². The van der Waals surface area contributed by atoms with Crippen molar-refractivity contribution in [3.8, 4) is 11.4 Å². The molecule has 1 heterocycles. The summed E-state index contributed by atoms with van der Waals surface area (Å²) < 4.78 is 27.5. The van der Waals surface area contributed by atoms with Crippen LogP contribution in [0.2, 0.25) is 10.3 Å². The van der Waals surface area contributed by atoms with E-state index >= 15 is 0 Å². The molecule has 0 aliphatic rings. The lowest BCUT2D eigenvalue weighted by Gasteiger charge is -2.05. The summed E-state index contributed by atoms with van der Waals surface area (Å²) in [5.41, 5.74) is -1.64. The van der Waals surface area contributed by atoms with Gasteiger partial charge in [0.15, 0.2) is 5.82 Å². The molecule has 0 fully saturated rings. The van der Waals surface area contributed by atoms with Crippen molar-refractivity contribution in [1.82, 2.24) is 9.97 Å². The number of rotatable bonds is 2. The number of nitrogens with zero attached hydrogens (tertiary/aromatic N) is 3. The van der Waals surface area contributed by atoms with E-state index in [1.807, 2.05) is 0 Å². The summed E-state index contributed by atoms with van der Waals surface area (Å²) in [7, 11) is 0. The first kappa shape index (κ1) is 13.6. The molecule has 5 nitrogen and oxygen atoms in total. The molecular formula is C10H3Cl2F2N3O2. The molecule has 0 bridgehead atoms. The van der Waals surface area contributed by atoms with E-state index in [1.54, 1.807) is 0 Å². The highest BCUT2D eigenvalue weighted by atomic mass is 35.5. The lowest BCUT2D eigenvalue weighted by atomic mass is 10.1. The van der Waals surface area contributed by atoms with E-state index in [0.29, 0.717) is 6.07 Å². The molecule has 0 aliphatic carbocycles. The summed E-state index contributed by atoms with van der Waals surface area (Å²) in [5.74, 6) is -2.90. The maximum Gasteiger partial charge on any atom is 0.305 e. The summed E-state index contributed by atoms with van der Waals surface area (Å²) in [6.07, 6.45) is 0. The zero-order chi connectivity index (χ0) is 14.2. The first-order valence-electron chi connectivity index (χ1n) is 4.73. The van der Waals surface area contributed by atoms with Crippen LogP contribution < -0.4 is 0 Å². The van der Waals surface area contributed by atoms with Gasteiger partial charge in [-0.2, -0.15) is 4.39 Å². The van der Waals surface area contributed by atoms with Gasteiger partial charge in [0.2, 0.25) is 5.82 Å². The molecule has 1 aromatic carbocycles. The lowest BCUT2D eigenvalue weighted by molar-refractivity contribution is -0.387. The molecule has 2 aromatic rings. The van der Waals surface area contributed by atoms with E-state index in [9.17, 15) is 18.9 Å². The monoisotopic (exact) mass is 305 g/mol. The van der Waals surface area contributed by atoms with Crippen LogP contribution in [-0.4, -0.2) is 14.9 Å². The van der Waals surface area contributed by atoms with E-state index in [-0.39, 0.29) is 10.3 Å². The first-order chi connectivity index (χ1) is 8.90. The highest BCUT2D eigenvalue weighted by Gasteiger charge is 2.24. The van der Waals surface area contributed by atoms with Crippen molar-refractivity contribution in [3.63, 3.8) is 0 Å². The molecule has 2 rings (SSSR count). The van der Waals surface area contributed by atoms with Gasteiger partial charge in [-0.3, -0.25) is 10.1 Å². The van der Waals surface area contributed by atoms with Crippen molar-refractivity contribution in [1.29, 1.82) is 0 Å². The van der Waals surface area contributed by atoms with Crippen LogP contribution in [0, 0.1) is 21.7 Å². The second-order valence-electron chi connectivity index (χ2n) is 3.35. The van der Waals surface area contributed by atoms with Crippen molar-refractivity contribution in [2.75, 3.05) is 0 Å². The zero-order valence-electron chi connectivity index (χ0n) is 8.90. The van der Waals surface area contributed by atoms with E-state index in [4.69, 9.17) is 23.2 Å². The highest BCUT2D eigenvalue weighted by molar-refractivity contribution is 6.33. The Morgan fingerprint density at radius 1 is 1.16 bits per heavy atom. The summed E-state index contributed by atoms with van der Waals surface area (Å²) in [4.78, 5) is 16.8. The Morgan fingerprint density at radius 2 is 1.74 bits per heavy atom. The van der Waals surface area contributed by atoms with Gasteiger partial charge in [-0.1, -0.05) is 23.2 Å². The maximum atomic E-state index is 13.9. The lowest BCUT2D eigenvalue weighted by Crippen LogP contribution is -2.00. The van der Waals surface area contributed by atoms with Crippen LogP contribution in [-0.2, 0) is 0 Å². The third-order valence-electron chi connectivity index (χ3n) is 2.15. The SMILES string of the molecule is O=[N+]([O-])c1ccc(F)c(-c2nc(Cl)cc(Cl)n2)c1F. The van der Waals surface area contributed by atoms with Crippen molar-refractivity contribution in [3.05, 3.63) is 50.3 Å². The fraction of sp³-hybridized carbons (Fsp3) is 0. The molecule has 0 saturated carbocycles. The fourth-order valence-electron chi connectivity index (χ4n) is 1.39. The Hall–Kier alpha value is -1.86. The van der Waals surface area contributed by atoms with Crippen molar-refractivity contribution < 1.29 is 13.7 Å². The van der Waals surface area contributed by atoms with E-state index in [1.165, 1.54) is 6.07 Å². The molecule has 1 aromatic heterocycles. The Balaban J connectivity index is 2.74. The van der Waals surface area contributed by atoms with Crippen LogP contribution in [0.25, 0.3) is 11.4 Å². The fourth-order valence-corrected chi connectivity index (χ4v) is 1.81. The third-order valence-corrected chi connectivity index (χ3v) is 2.54. The van der Waals surface area contributed by atoms with Gasteiger partial charge in [-0.25, -0.2) is 14.4 Å². The minimum absolute atomic E-state index is 0.139. The second kappa shape index (κ2) is 5.02. The first-order valence-corrected chi connectivity index (χ1v) is 5.48. The molecule has 0 radical (unpaired) electrons. The van der Waals surface area contributed by atoms with E-state index in [0.717, 1.165) is 6.07 Å². The number of nitro benzene ring substituents is 1. The number of hydrogen-bond acceptors (Lipinski definition) is 4. The van der Waals surface area contributed by atoms with E-state index in [2.05, 4.69) is 9.97 Å².